The number of halogens is 1. The minimum Gasteiger partial charge on any atom is -0.489 e. The third-order valence-electron chi connectivity index (χ3n) is 4.40. The Balaban J connectivity index is 1.66. The van der Waals surface area contributed by atoms with E-state index >= 15 is 0 Å². The lowest BCUT2D eigenvalue weighted by Gasteiger charge is -2.09. The Bertz CT molecular complexity index is 1170. The normalized spacial score (nSPS) is 11.7. The molecule has 0 bridgehead atoms. The van der Waals surface area contributed by atoms with Crippen LogP contribution >= 0.6 is 15.9 Å². The number of para-hydroxylation sites is 1. The van der Waals surface area contributed by atoms with Gasteiger partial charge in [-0.25, -0.2) is 4.79 Å². The van der Waals surface area contributed by atoms with Crippen LogP contribution < -0.4 is 4.74 Å². The van der Waals surface area contributed by atoms with E-state index in [0.29, 0.717) is 11.3 Å². The average Bonchev–Trinajstić information content (AvgIpc) is 3.09. The SMILES string of the molecule is COC(=O)/C(=C/c1ccc2oc3ccccc3c2c1)COc1ccc(Br)cc1. The number of furan rings is 1. The topological polar surface area (TPSA) is 48.7 Å². The highest BCUT2D eigenvalue weighted by molar-refractivity contribution is 9.10. The molecule has 4 rings (SSSR count). The summed E-state index contributed by atoms with van der Waals surface area (Å²) in [5.74, 6) is 0.253. The Hall–Kier alpha value is -3.05. The van der Waals surface area contributed by atoms with Gasteiger partial charge in [0.25, 0.3) is 0 Å². The van der Waals surface area contributed by atoms with Crippen molar-refractivity contribution in [2.24, 2.45) is 0 Å². The lowest BCUT2D eigenvalue weighted by Crippen LogP contribution is -2.12. The van der Waals surface area contributed by atoms with Crippen molar-refractivity contribution in [2.45, 2.75) is 0 Å². The predicted octanol–water partition coefficient (Wildman–Crippen LogP) is 5.98. The van der Waals surface area contributed by atoms with Gasteiger partial charge in [-0.2, -0.15) is 0 Å². The summed E-state index contributed by atoms with van der Waals surface area (Å²) >= 11 is 3.39. The fourth-order valence-corrected chi connectivity index (χ4v) is 3.28. The van der Waals surface area contributed by atoms with Gasteiger partial charge in [-0.15, -0.1) is 0 Å². The van der Waals surface area contributed by atoms with Crippen LogP contribution in [0.3, 0.4) is 0 Å². The molecule has 0 spiro atoms. The standard InChI is InChI=1S/C23H17BrO4/c1-26-23(25)16(14-27-18-9-7-17(24)8-10-18)12-15-6-11-22-20(13-15)19-4-2-3-5-21(19)28-22/h2-13H,14H2,1H3/b16-12+. The molecule has 28 heavy (non-hydrogen) atoms. The summed E-state index contributed by atoms with van der Waals surface area (Å²) in [5.41, 5.74) is 2.95. The van der Waals surface area contributed by atoms with Gasteiger partial charge in [0, 0.05) is 15.2 Å². The number of rotatable bonds is 5. The van der Waals surface area contributed by atoms with E-state index in [9.17, 15) is 4.79 Å². The molecular weight excluding hydrogens is 420 g/mol. The molecule has 0 saturated carbocycles. The molecule has 1 heterocycles. The number of methoxy groups -OCH3 is 1. The van der Waals surface area contributed by atoms with Gasteiger partial charge < -0.3 is 13.9 Å². The number of carbonyl (C=O) groups excluding carboxylic acids is 1. The van der Waals surface area contributed by atoms with Crippen LogP contribution in [0.4, 0.5) is 0 Å². The first kappa shape index (κ1) is 18.3. The molecule has 0 unspecified atom stereocenters. The Morgan fingerprint density at radius 3 is 2.54 bits per heavy atom. The van der Waals surface area contributed by atoms with E-state index in [1.54, 1.807) is 6.08 Å². The zero-order valence-corrected chi connectivity index (χ0v) is 16.7. The number of ether oxygens (including phenoxy) is 2. The van der Waals surface area contributed by atoms with E-state index in [0.717, 1.165) is 32.0 Å². The second kappa shape index (κ2) is 7.90. The third-order valence-corrected chi connectivity index (χ3v) is 4.93. The molecule has 0 aliphatic heterocycles. The van der Waals surface area contributed by atoms with E-state index in [1.165, 1.54) is 7.11 Å². The maximum Gasteiger partial charge on any atom is 0.337 e. The summed E-state index contributed by atoms with van der Waals surface area (Å²) in [4.78, 5) is 12.2. The van der Waals surface area contributed by atoms with Gasteiger partial charge in [0.1, 0.15) is 23.5 Å². The molecule has 0 fully saturated rings. The van der Waals surface area contributed by atoms with E-state index in [4.69, 9.17) is 13.9 Å². The summed E-state index contributed by atoms with van der Waals surface area (Å²) in [6.07, 6.45) is 1.78. The van der Waals surface area contributed by atoms with Crippen LogP contribution in [0.2, 0.25) is 0 Å². The molecule has 0 aliphatic rings. The molecule has 1 aromatic heterocycles. The van der Waals surface area contributed by atoms with Crippen LogP contribution in [0.1, 0.15) is 5.56 Å². The lowest BCUT2D eigenvalue weighted by atomic mass is 10.1. The fourth-order valence-electron chi connectivity index (χ4n) is 3.02. The van der Waals surface area contributed by atoms with Gasteiger partial charge in [-0.3, -0.25) is 0 Å². The van der Waals surface area contributed by atoms with Crippen molar-refractivity contribution in [2.75, 3.05) is 13.7 Å². The smallest absolute Gasteiger partial charge is 0.337 e. The lowest BCUT2D eigenvalue weighted by molar-refractivity contribution is -0.136. The van der Waals surface area contributed by atoms with E-state index in [1.807, 2.05) is 66.7 Å². The summed E-state index contributed by atoms with van der Waals surface area (Å²) in [6, 6.07) is 21.1. The number of carbonyl (C=O) groups is 1. The minimum atomic E-state index is -0.422. The van der Waals surface area contributed by atoms with Crippen molar-refractivity contribution < 1.29 is 18.7 Å². The van der Waals surface area contributed by atoms with Gasteiger partial charge in [-0.1, -0.05) is 40.2 Å². The summed E-state index contributed by atoms with van der Waals surface area (Å²) < 4.78 is 17.5. The minimum absolute atomic E-state index is 0.110. The van der Waals surface area contributed by atoms with Gasteiger partial charge >= 0.3 is 5.97 Å². The number of fused-ring (bicyclic) bond motifs is 3. The van der Waals surface area contributed by atoms with Crippen molar-refractivity contribution >= 4 is 49.9 Å². The van der Waals surface area contributed by atoms with Crippen LogP contribution in [0.25, 0.3) is 28.0 Å². The van der Waals surface area contributed by atoms with Gasteiger partial charge in [-0.05, 0) is 54.1 Å². The van der Waals surface area contributed by atoms with E-state index in [-0.39, 0.29) is 6.61 Å². The van der Waals surface area contributed by atoms with Crippen molar-refractivity contribution in [3.8, 4) is 5.75 Å². The number of hydrogen-bond donors (Lipinski definition) is 0. The van der Waals surface area contributed by atoms with Crippen LogP contribution in [0.15, 0.2) is 81.2 Å². The van der Waals surface area contributed by atoms with Gasteiger partial charge in [0.05, 0.1) is 12.7 Å². The maximum atomic E-state index is 12.2. The average molecular weight is 437 g/mol. The Morgan fingerprint density at radius 2 is 1.75 bits per heavy atom. The van der Waals surface area contributed by atoms with Crippen molar-refractivity contribution in [1.82, 2.24) is 0 Å². The van der Waals surface area contributed by atoms with Crippen molar-refractivity contribution in [3.63, 3.8) is 0 Å². The van der Waals surface area contributed by atoms with Crippen LogP contribution in [0.5, 0.6) is 5.75 Å². The molecule has 3 aromatic carbocycles. The second-order valence-electron chi connectivity index (χ2n) is 6.26. The first-order valence-corrected chi connectivity index (χ1v) is 9.52. The van der Waals surface area contributed by atoms with E-state index in [2.05, 4.69) is 15.9 Å². The monoisotopic (exact) mass is 436 g/mol. The Labute approximate surface area is 170 Å². The molecule has 140 valence electrons. The molecule has 0 N–H and O–H groups in total. The number of hydrogen-bond acceptors (Lipinski definition) is 4. The van der Waals surface area contributed by atoms with Crippen molar-refractivity contribution in [1.29, 1.82) is 0 Å². The predicted molar refractivity (Wildman–Crippen MR) is 113 cm³/mol. The zero-order valence-electron chi connectivity index (χ0n) is 15.1. The van der Waals surface area contributed by atoms with Crippen LogP contribution in [-0.4, -0.2) is 19.7 Å². The molecule has 4 nitrogen and oxygen atoms in total. The number of benzene rings is 3. The highest BCUT2D eigenvalue weighted by Gasteiger charge is 2.12. The fraction of sp³-hybridized carbons (Fsp3) is 0.0870. The molecular formula is C23H17BrO4. The highest BCUT2D eigenvalue weighted by atomic mass is 79.9. The van der Waals surface area contributed by atoms with Crippen molar-refractivity contribution in [3.05, 3.63) is 82.3 Å². The summed E-state index contributed by atoms with van der Waals surface area (Å²) in [7, 11) is 1.36. The molecule has 0 radical (unpaired) electrons. The summed E-state index contributed by atoms with van der Waals surface area (Å²) in [6.45, 7) is 0.110. The quantitative estimate of drug-likeness (QED) is 0.285. The molecule has 0 aliphatic carbocycles. The Kier molecular flexibility index (Phi) is 5.17. The molecule has 5 heteroatoms. The Morgan fingerprint density at radius 1 is 1.00 bits per heavy atom. The number of esters is 1. The maximum absolute atomic E-state index is 12.2. The second-order valence-corrected chi connectivity index (χ2v) is 7.17. The van der Waals surface area contributed by atoms with Crippen LogP contribution in [-0.2, 0) is 9.53 Å². The van der Waals surface area contributed by atoms with E-state index < -0.39 is 5.97 Å². The van der Waals surface area contributed by atoms with Gasteiger partial charge in [0.15, 0.2) is 0 Å². The molecule has 0 saturated heterocycles. The molecule has 4 aromatic rings. The largest absolute Gasteiger partial charge is 0.489 e. The van der Waals surface area contributed by atoms with Crippen LogP contribution in [0, 0.1) is 0 Å². The van der Waals surface area contributed by atoms with Gasteiger partial charge in [0.2, 0.25) is 0 Å². The third kappa shape index (κ3) is 3.80. The molecule has 0 atom stereocenters. The molecule has 0 amide bonds. The summed E-state index contributed by atoms with van der Waals surface area (Å²) in [5, 5.41) is 2.04. The first-order valence-electron chi connectivity index (χ1n) is 8.72. The highest BCUT2D eigenvalue weighted by Crippen LogP contribution is 2.29. The zero-order chi connectivity index (χ0) is 19.5. The first-order chi connectivity index (χ1) is 13.6.